The van der Waals surface area contributed by atoms with Gasteiger partial charge in [-0.05, 0) is 6.42 Å². The normalized spacial score (nSPS) is 10.2. The van der Waals surface area contributed by atoms with Crippen molar-refractivity contribution in [3.05, 3.63) is 18.1 Å². The molecule has 88 valence electrons. The van der Waals surface area contributed by atoms with E-state index in [2.05, 4.69) is 27.6 Å². The molecule has 0 bridgehead atoms. The first-order valence-electron chi connectivity index (χ1n) is 5.17. The lowest BCUT2D eigenvalue weighted by Crippen LogP contribution is -2.36. The van der Waals surface area contributed by atoms with E-state index in [-0.39, 0.29) is 5.91 Å². The van der Waals surface area contributed by atoms with Crippen LogP contribution in [0.2, 0.25) is 0 Å². The summed E-state index contributed by atoms with van der Waals surface area (Å²) < 4.78 is 0. The Bertz CT molecular complexity index is 353. The second-order valence-electron chi connectivity index (χ2n) is 3.55. The fourth-order valence-corrected chi connectivity index (χ4v) is 1.07. The zero-order valence-corrected chi connectivity index (χ0v) is 9.82. The predicted octanol–water partition coefficient (Wildman–Crippen LogP) is 0.505. The van der Waals surface area contributed by atoms with Crippen molar-refractivity contribution in [2.75, 3.05) is 26.0 Å². The third-order valence-electron chi connectivity index (χ3n) is 1.75. The Hall–Kier alpha value is -1.69. The number of hydrazine groups is 1. The minimum absolute atomic E-state index is 0.266. The molecule has 0 aromatic carbocycles. The van der Waals surface area contributed by atoms with Crippen LogP contribution in [-0.2, 0) is 0 Å². The number of amides is 1. The van der Waals surface area contributed by atoms with Gasteiger partial charge in [0.15, 0.2) is 0 Å². The second-order valence-corrected chi connectivity index (χ2v) is 3.55. The van der Waals surface area contributed by atoms with Gasteiger partial charge in [0.25, 0.3) is 5.91 Å². The maximum absolute atomic E-state index is 11.6. The standard InChI is InChI=1S/C10H17N5O/c1-4-5-12-9-7-11-6-8(13-9)10(16)14-15(2)3/h6-7H,4-5H2,1-3H3,(H,12,13)(H,14,16). The van der Waals surface area contributed by atoms with E-state index in [1.807, 2.05) is 0 Å². The molecule has 1 heterocycles. The minimum atomic E-state index is -0.266. The molecule has 2 N–H and O–H groups in total. The van der Waals surface area contributed by atoms with Crippen molar-refractivity contribution in [3.8, 4) is 0 Å². The third-order valence-corrected chi connectivity index (χ3v) is 1.75. The Balaban J connectivity index is 2.69. The summed E-state index contributed by atoms with van der Waals surface area (Å²) in [6.45, 7) is 2.87. The minimum Gasteiger partial charge on any atom is -0.369 e. The molecule has 0 spiro atoms. The van der Waals surface area contributed by atoms with Crippen LogP contribution in [-0.4, -0.2) is 41.5 Å². The summed E-state index contributed by atoms with van der Waals surface area (Å²) in [6.07, 6.45) is 4.04. The van der Waals surface area contributed by atoms with Crippen LogP contribution >= 0.6 is 0 Å². The number of aromatic nitrogens is 2. The highest BCUT2D eigenvalue weighted by atomic mass is 16.2. The van der Waals surface area contributed by atoms with E-state index in [4.69, 9.17) is 0 Å². The summed E-state index contributed by atoms with van der Waals surface area (Å²) >= 11 is 0. The SMILES string of the molecule is CCCNc1cncc(C(=O)NN(C)C)n1. The van der Waals surface area contributed by atoms with Crippen molar-refractivity contribution >= 4 is 11.7 Å². The zero-order chi connectivity index (χ0) is 12.0. The van der Waals surface area contributed by atoms with Crippen LogP contribution in [0.3, 0.4) is 0 Å². The monoisotopic (exact) mass is 223 g/mol. The highest BCUT2D eigenvalue weighted by Gasteiger charge is 2.08. The van der Waals surface area contributed by atoms with Crippen molar-refractivity contribution in [1.82, 2.24) is 20.4 Å². The lowest BCUT2D eigenvalue weighted by Gasteiger charge is -2.11. The van der Waals surface area contributed by atoms with Crippen molar-refractivity contribution in [1.29, 1.82) is 0 Å². The molecule has 0 fully saturated rings. The maximum atomic E-state index is 11.6. The number of carbonyl (C=O) groups is 1. The van der Waals surface area contributed by atoms with Gasteiger partial charge >= 0.3 is 0 Å². The fraction of sp³-hybridized carbons (Fsp3) is 0.500. The first-order chi connectivity index (χ1) is 7.63. The largest absolute Gasteiger partial charge is 0.369 e. The van der Waals surface area contributed by atoms with Gasteiger partial charge in [0.2, 0.25) is 0 Å². The van der Waals surface area contributed by atoms with Gasteiger partial charge in [-0.25, -0.2) is 9.99 Å². The first kappa shape index (κ1) is 12.4. The molecule has 0 radical (unpaired) electrons. The van der Waals surface area contributed by atoms with Crippen molar-refractivity contribution < 1.29 is 4.79 Å². The van der Waals surface area contributed by atoms with Crippen LogP contribution in [0.5, 0.6) is 0 Å². The molecule has 1 aromatic rings. The van der Waals surface area contributed by atoms with Crippen LogP contribution in [0.25, 0.3) is 0 Å². The first-order valence-corrected chi connectivity index (χ1v) is 5.17. The smallest absolute Gasteiger partial charge is 0.285 e. The summed E-state index contributed by atoms with van der Waals surface area (Å²) in [5.74, 6) is 0.353. The van der Waals surface area contributed by atoms with Crippen molar-refractivity contribution in [3.63, 3.8) is 0 Å². The summed E-state index contributed by atoms with van der Waals surface area (Å²) in [7, 11) is 3.48. The summed E-state index contributed by atoms with van der Waals surface area (Å²) in [6, 6.07) is 0. The third kappa shape index (κ3) is 3.82. The molecule has 1 rings (SSSR count). The van der Waals surface area contributed by atoms with Crippen molar-refractivity contribution in [2.45, 2.75) is 13.3 Å². The van der Waals surface area contributed by atoms with E-state index in [1.54, 1.807) is 25.3 Å². The van der Waals surface area contributed by atoms with Gasteiger partial charge in [0.05, 0.1) is 12.4 Å². The molecule has 0 unspecified atom stereocenters. The van der Waals surface area contributed by atoms with Crippen LogP contribution in [0.1, 0.15) is 23.8 Å². The molecule has 0 aliphatic carbocycles. The highest BCUT2D eigenvalue weighted by molar-refractivity contribution is 5.91. The second kappa shape index (κ2) is 6.02. The Kier molecular flexibility index (Phi) is 4.65. The van der Waals surface area contributed by atoms with Crippen LogP contribution < -0.4 is 10.7 Å². The van der Waals surface area contributed by atoms with E-state index < -0.39 is 0 Å². The molecule has 6 heteroatoms. The van der Waals surface area contributed by atoms with Gasteiger partial charge in [-0.3, -0.25) is 15.2 Å². The lowest BCUT2D eigenvalue weighted by molar-refractivity contribution is 0.0851. The fourth-order valence-electron chi connectivity index (χ4n) is 1.07. The van der Waals surface area contributed by atoms with E-state index in [0.29, 0.717) is 11.5 Å². The van der Waals surface area contributed by atoms with E-state index >= 15 is 0 Å². The predicted molar refractivity (Wildman–Crippen MR) is 62.0 cm³/mol. The number of hydrogen-bond donors (Lipinski definition) is 2. The molecule has 0 aliphatic rings. The van der Waals surface area contributed by atoms with Gasteiger partial charge in [-0.1, -0.05) is 6.92 Å². The molecule has 0 saturated carbocycles. The molecule has 0 saturated heterocycles. The molecule has 1 amide bonds. The average molecular weight is 223 g/mol. The topological polar surface area (TPSA) is 70.2 Å². The Morgan fingerprint density at radius 2 is 2.19 bits per heavy atom. The maximum Gasteiger partial charge on any atom is 0.285 e. The van der Waals surface area contributed by atoms with Gasteiger partial charge < -0.3 is 5.32 Å². The Morgan fingerprint density at radius 1 is 1.44 bits per heavy atom. The summed E-state index contributed by atoms with van der Waals surface area (Å²) in [5.41, 5.74) is 2.91. The zero-order valence-electron chi connectivity index (χ0n) is 9.82. The number of nitrogens with one attached hydrogen (secondary N) is 2. The molecule has 0 aliphatic heterocycles. The number of hydrogen-bond acceptors (Lipinski definition) is 5. The number of nitrogens with zero attached hydrogens (tertiary/aromatic N) is 3. The van der Waals surface area contributed by atoms with E-state index in [1.165, 1.54) is 6.20 Å². The molecular weight excluding hydrogens is 206 g/mol. The lowest BCUT2D eigenvalue weighted by atomic mass is 10.4. The van der Waals surface area contributed by atoms with Crippen LogP contribution in [0, 0.1) is 0 Å². The van der Waals surface area contributed by atoms with Crippen molar-refractivity contribution in [2.24, 2.45) is 0 Å². The average Bonchev–Trinajstić information content (AvgIpc) is 2.26. The summed E-state index contributed by atoms with van der Waals surface area (Å²) in [5, 5.41) is 4.64. The molecule has 1 aromatic heterocycles. The molecular formula is C10H17N5O. The molecule has 6 nitrogen and oxygen atoms in total. The van der Waals surface area contributed by atoms with E-state index in [9.17, 15) is 4.79 Å². The summed E-state index contributed by atoms with van der Waals surface area (Å²) in [4.78, 5) is 19.7. The molecule has 0 atom stereocenters. The van der Waals surface area contributed by atoms with Gasteiger partial charge in [0, 0.05) is 20.6 Å². The highest BCUT2D eigenvalue weighted by Crippen LogP contribution is 2.02. The Morgan fingerprint density at radius 3 is 2.81 bits per heavy atom. The van der Waals surface area contributed by atoms with Crippen LogP contribution in [0.15, 0.2) is 12.4 Å². The quantitative estimate of drug-likeness (QED) is 0.711. The van der Waals surface area contributed by atoms with E-state index in [0.717, 1.165) is 13.0 Å². The van der Waals surface area contributed by atoms with Gasteiger partial charge in [-0.15, -0.1) is 0 Å². The molecule has 16 heavy (non-hydrogen) atoms. The van der Waals surface area contributed by atoms with Crippen LogP contribution in [0.4, 0.5) is 5.82 Å². The van der Waals surface area contributed by atoms with Gasteiger partial charge in [0.1, 0.15) is 11.5 Å². The van der Waals surface area contributed by atoms with Gasteiger partial charge in [-0.2, -0.15) is 0 Å². The Labute approximate surface area is 95.1 Å². The number of anilines is 1. The number of carbonyl (C=O) groups excluding carboxylic acids is 1. The number of rotatable bonds is 5.